The summed E-state index contributed by atoms with van der Waals surface area (Å²) in [5, 5.41) is 3.42. The van der Waals surface area contributed by atoms with Crippen molar-refractivity contribution in [3.63, 3.8) is 0 Å². The normalized spacial score (nSPS) is 16.6. The third-order valence-corrected chi connectivity index (χ3v) is 2.78. The van der Waals surface area contributed by atoms with Crippen molar-refractivity contribution < 1.29 is 4.39 Å². The molecule has 84 valence electrons. The van der Waals surface area contributed by atoms with Crippen LogP contribution < -0.4 is 5.32 Å². The van der Waals surface area contributed by atoms with Crippen molar-refractivity contribution in [2.45, 2.75) is 12.8 Å². The van der Waals surface area contributed by atoms with E-state index in [1.807, 2.05) is 0 Å². The Kier molecular flexibility index (Phi) is 3.76. The molecule has 2 nitrogen and oxygen atoms in total. The summed E-state index contributed by atoms with van der Waals surface area (Å²) in [6.45, 7) is 1.97. The van der Waals surface area contributed by atoms with Crippen LogP contribution >= 0.6 is 11.6 Å². The van der Waals surface area contributed by atoms with Crippen molar-refractivity contribution >= 4 is 11.6 Å². The van der Waals surface area contributed by atoms with Gasteiger partial charge in [0, 0.05) is 18.2 Å². The van der Waals surface area contributed by atoms with Crippen LogP contribution in [0, 0.1) is 23.6 Å². The fourth-order valence-electron chi connectivity index (χ4n) is 1.65. The Morgan fingerprint density at radius 3 is 2.88 bits per heavy atom. The van der Waals surface area contributed by atoms with Gasteiger partial charge in [0.1, 0.15) is 11.0 Å². The zero-order valence-corrected chi connectivity index (χ0v) is 9.52. The molecule has 0 spiro atoms. The average Bonchev–Trinajstić information content (AvgIpc) is 2.29. The number of piperidine rings is 1. The highest BCUT2D eigenvalue weighted by molar-refractivity contribution is 6.29. The van der Waals surface area contributed by atoms with Crippen molar-refractivity contribution in [2.24, 2.45) is 5.92 Å². The second-order valence-corrected chi connectivity index (χ2v) is 4.17. The Morgan fingerprint density at radius 2 is 2.19 bits per heavy atom. The molecule has 0 bridgehead atoms. The second kappa shape index (κ2) is 5.29. The summed E-state index contributed by atoms with van der Waals surface area (Å²) < 4.78 is 13.4. The Bertz CT molecular complexity index is 430. The molecule has 1 fully saturated rings. The van der Waals surface area contributed by atoms with Crippen molar-refractivity contribution in [1.82, 2.24) is 10.3 Å². The minimum Gasteiger partial charge on any atom is -0.317 e. The van der Waals surface area contributed by atoms with Gasteiger partial charge in [-0.2, -0.15) is 0 Å². The molecule has 1 aromatic heterocycles. The fourth-order valence-corrected chi connectivity index (χ4v) is 1.79. The number of aromatic nitrogens is 1. The van der Waals surface area contributed by atoms with Gasteiger partial charge in [0.15, 0.2) is 0 Å². The predicted molar refractivity (Wildman–Crippen MR) is 61.7 cm³/mol. The van der Waals surface area contributed by atoms with Crippen LogP contribution in [0.2, 0.25) is 5.15 Å². The molecule has 0 radical (unpaired) electrons. The van der Waals surface area contributed by atoms with Gasteiger partial charge in [-0.15, -0.1) is 0 Å². The van der Waals surface area contributed by atoms with E-state index in [2.05, 4.69) is 22.1 Å². The Labute approximate surface area is 99.2 Å². The molecule has 0 saturated carbocycles. The lowest BCUT2D eigenvalue weighted by molar-refractivity contribution is 0.447. The molecule has 0 aliphatic carbocycles. The molecule has 1 aromatic rings. The maximum Gasteiger partial charge on any atom is 0.143 e. The quantitative estimate of drug-likeness (QED) is 0.554. The number of hydrogen-bond acceptors (Lipinski definition) is 2. The second-order valence-electron chi connectivity index (χ2n) is 3.78. The zero-order valence-electron chi connectivity index (χ0n) is 8.76. The van der Waals surface area contributed by atoms with Crippen molar-refractivity contribution in [2.75, 3.05) is 13.1 Å². The monoisotopic (exact) mass is 238 g/mol. The maximum atomic E-state index is 13.4. The van der Waals surface area contributed by atoms with Gasteiger partial charge >= 0.3 is 0 Å². The Hall–Kier alpha value is -1.11. The summed E-state index contributed by atoms with van der Waals surface area (Å²) in [5.74, 6) is 5.88. The lowest BCUT2D eigenvalue weighted by Gasteiger charge is -2.17. The van der Waals surface area contributed by atoms with E-state index in [9.17, 15) is 4.39 Å². The summed E-state index contributed by atoms with van der Waals surface area (Å²) in [6.07, 6.45) is 3.43. The first kappa shape index (κ1) is 11.4. The van der Waals surface area contributed by atoms with Crippen LogP contribution in [0.1, 0.15) is 18.4 Å². The van der Waals surface area contributed by atoms with Gasteiger partial charge in [0.05, 0.1) is 5.56 Å². The molecule has 16 heavy (non-hydrogen) atoms. The summed E-state index contributed by atoms with van der Waals surface area (Å²) in [7, 11) is 0. The van der Waals surface area contributed by atoms with E-state index in [1.54, 1.807) is 0 Å². The molecule has 1 N–H and O–H groups in total. The standard InChI is InChI=1S/C12H12ClFN2/c13-12-7-11(14)10(8-16-12)2-1-9-3-5-15-6-4-9/h7-9,15H,3-6H2. The van der Waals surface area contributed by atoms with E-state index in [-0.39, 0.29) is 5.15 Å². The van der Waals surface area contributed by atoms with E-state index in [4.69, 9.17) is 11.6 Å². The summed E-state index contributed by atoms with van der Waals surface area (Å²) in [4.78, 5) is 3.81. The van der Waals surface area contributed by atoms with Crippen molar-refractivity contribution in [1.29, 1.82) is 0 Å². The molecule has 1 aliphatic rings. The summed E-state index contributed by atoms with van der Waals surface area (Å²) >= 11 is 5.56. The summed E-state index contributed by atoms with van der Waals surface area (Å²) in [5.41, 5.74) is 0.322. The first-order chi connectivity index (χ1) is 7.75. The highest BCUT2D eigenvalue weighted by atomic mass is 35.5. The zero-order chi connectivity index (χ0) is 11.4. The Balaban J connectivity index is 2.10. The SMILES string of the molecule is Fc1cc(Cl)ncc1C#CC1CCNCC1. The smallest absolute Gasteiger partial charge is 0.143 e. The summed E-state index contributed by atoms with van der Waals surface area (Å²) in [6, 6.07) is 1.19. The van der Waals surface area contributed by atoms with Crippen LogP contribution in [0.15, 0.2) is 12.3 Å². The largest absolute Gasteiger partial charge is 0.317 e. The number of hydrogen-bond donors (Lipinski definition) is 1. The van der Waals surface area contributed by atoms with Crippen LogP contribution in [0.25, 0.3) is 0 Å². The van der Waals surface area contributed by atoms with Crippen LogP contribution in [0.4, 0.5) is 4.39 Å². The minimum absolute atomic E-state index is 0.157. The molecule has 2 heterocycles. The molecule has 0 aromatic carbocycles. The fraction of sp³-hybridized carbons (Fsp3) is 0.417. The number of rotatable bonds is 0. The molecule has 0 unspecified atom stereocenters. The highest BCUT2D eigenvalue weighted by Crippen LogP contribution is 2.12. The van der Waals surface area contributed by atoms with E-state index >= 15 is 0 Å². The molecule has 1 saturated heterocycles. The maximum absolute atomic E-state index is 13.4. The average molecular weight is 239 g/mol. The highest BCUT2D eigenvalue weighted by Gasteiger charge is 2.09. The van der Waals surface area contributed by atoms with Crippen LogP contribution in [-0.2, 0) is 0 Å². The van der Waals surface area contributed by atoms with Gasteiger partial charge in [0.25, 0.3) is 0 Å². The number of halogens is 2. The third-order valence-electron chi connectivity index (χ3n) is 2.57. The van der Waals surface area contributed by atoms with E-state index in [0.717, 1.165) is 25.9 Å². The van der Waals surface area contributed by atoms with Gasteiger partial charge in [-0.3, -0.25) is 0 Å². The van der Waals surface area contributed by atoms with Crippen LogP contribution in [-0.4, -0.2) is 18.1 Å². The van der Waals surface area contributed by atoms with Gasteiger partial charge < -0.3 is 5.32 Å². The van der Waals surface area contributed by atoms with Gasteiger partial charge in [0.2, 0.25) is 0 Å². The van der Waals surface area contributed by atoms with Crippen LogP contribution in [0.3, 0.4) is 0 Å². The molecular weight excluding hydrogens is 227 g/mol. The first-order valence-electron chi connectivity index (χ1n) is 5.29. The molecule has 4 heteroatoms. The van der Waals surface area contributed by atoms with Gasteiger partial charge in [-0.1, -0.05) is 23.4 Å². The predicted octanol–water partition coefficient (Wildman–Crippen LogP) is 2.23. The molecule has 1 aliphatic heterocycles. The third kappa shape index (κ3) is 2.94. The molecule has 0 atom stereocenters. The molecular formula is C12H12ClFN2. The molecule has 0 amide bonds. The van der Waals surface area contributed by atoms with Gasteiger partial charge in [-0.25, -0.2) is 9.37 Å². The van der Waals surface area contributed by atoms with E-state index in [1.165, 1.54) is 12.3 Å². The van der Waals surface area contributed by atoms with E-state index < -0.39 is 5.82 Å². The van der Waals surface area contributed by atoms with Gasteiger partial charge in [-0.05, 0) is 25.9 Å². The number of nitrogens with zero attached hydrogens (tertiary/aromatic N) is 1. The van der Waals surface area contributed by atoms with Crippen molar-refractivity contribution in [3.8, 4) is 11.8 Å². The lowest BCUT2D eigenvalue weighted by atomic mass is 9.98. The topological polar surface area (TPSA) is 24.9 Å². The van der Waals surface area contributed by atoms with Crippen LogP contribution in [0.5, 0.6) is 0 Å². The Morgan fingerprint density at radius 1 is 1.44 bits per heavy atom. The minimum atomic E-state index is -0.401. The first-order valence-corrected chi connectivity index (χ1v) is 5.67. The lowest BCUT2D eigenvalue weighted by Crippen LogP contribution is -2.26. The molecule has 2 rings (SSSR count). The van der Waals surface area contributed by atoms with E-state index in [0.29, 0.717) is 11.5 Å². The number of nitrogens with one attached hydrogen (secondary N) is 1. The van der Waals surface area contributed by atoms with Crippen molar-refractivity contribution in [3.05, 3.63) is 28.8 Å². The number of pyridine rings is 1.